The van der Waals surface area contributed by atoms with E-state index in [2.05, 4.69) is 35.8 Å². The predicted octanol–water partition coefficient (Wildman–Crippen LogP) is 4.88. The lowest BCUT2D eigenvalue weighted by molar-refractivity contribution is -0.383. The highest BCUT2D eigenvalue weighted by molar-refractivity contribution is 6.38. The van der Waals surface area contributed by atoms with Crippen LogP contribution in [0.4, 0.5) is 11.4 Å². The number of aromatic nitrogens is 6. The van der Waals surface area contributed by atoms with E-state index in [9.17, 15) is 14.9 Å². The van der Waals surface area contributed by atoms with E-state index in [1.165, 1.54) is 10.7 Å². The maximum Gasteiger partial charge on any atom is 0.300 e. The lowest BCUT2D eigenvalue weighted by Crippen LogP contribution is -2.29. The Bertz CT molecular complexity index is 1910. The highest BCUT2D eigenvalue weighted by atomic mass is 35.5. The molecule has 0 bridgehead atoms. The molecule has 3 aromatic carbocycles. The van der Waals surface area contributed by atoms with E-state index in [1.54, 1.807) is 6.07 Å². The van der Waals surface area contributed by atoms with Crippen LogP contribution in [-0.4, -0.2) is 54.2 Å². The summed E-state index contributed by atoms with van der Waals surface area (Å²) in [5.41, 5.74) is 3.90. The van der Waals surface area contributed by atoms with Crippen molar-refractivity contribution >= 4 is 50.9 Å². The molecule has 0 fully saturated rings. The number of fused-ring (bicyclic) bond motifs is 2. The van der Waals surface area contributed by atoms with E-state index in [-0.39, 0.29) is 29.2 Å². The number of nitro benzene ring substituents is 1. The van der Waals surface area contributed by atoms with Crippen molar-refractivity contribution in [3.63, 3.8) is 0 Å². The fourth-order valence-corrected chi connectivity index (χ4v) is 4.90. The summed E-state index contributed by atoms with van der Waals surface area (Å²) >= 11 is 6.89. The van der Waals surface area contributed by atoms with Gasteiger partial charge in [-0.25, -0.2) is 9.31 Å². The maximum absolute atomic E-state index is 12.9. The number of anilines is 1. The predicted molar refractivity (Wildman–Crippen MR) is 156 cm³/mol. The first kappa shape index (κ1) is 26.8. The Morgan fingerprint density at radius 3 is 2.31 bits per heavy atom. The summed E-state index contributed by atoms with van der Waals surface area (Å²) in [7, 11) is 0. The second-order valence-corrected chi connectivity index (χ2v) is 9.66. The number of nitrogens with one attached hydrogen (secondary N) is 2. The van der Waals surface area contributed by atoms with Gasteiger partial charge in [-0.15, -0.1) is 10.2 Å². The lowest BCUT2D eigenvalue weighted by Gasteiger charge is -2.08. The van der Waals surface area contributed by atoms with Crippen molar-refractivity contribution in [3.05, 3.63) is 87.9 Å². The zero-order valence-corrected chi connectivity index (χ0v) is 22.7. The molecule has 0 spiro atoms. The number of amides is 1. The number of hydrogen-bond acceptors (Lipinski definition) is 10. The molecule has 3 aromatic heterocycles. The molecule has 0 unspecified atom stereocenters. The van der Waals surface area contributed by atoms with Gasteiger partial charge in [0.1, 0.15) is 17.9 Å². The molecule has 0 saturated heterocycles. The minimum Gasteiger partial charge on any atom is -0.383 e. The fraction of sp³-hybridized carbons (Fsp3) is 0.143. The molecular weight excluding hydrogens is 562 g/mol. The first-order valence-corrected chi connectivity index (χ1v) is 13.3. The fourth-order valence-electron chi connectivity index (χ4n) is 4.58. The van der Waals surface area contributed by atoms with E-state index in [0.717, 1.165) is 11.1 Å². The number of nitro groups is 1. The highest BCUT2D eigenvalue weighted by Crippen LogP contribution is 2.37. The lowest BCUT2D eigenvalue weighted by atomic mass is 10.1. The van der Waals surface area contributed by atoms with Crippen molar-refractivity contribution in [1.82, 2.24) is 35.6 Å². The number of halogens is 1. The monoisotopic (exact) mass is 583 g/mol. The standard InChI is InChI=1S/C28H22ClN9O4/c29-23-22-24(17-8-3-1-4-9-17)34-37(28(22)33-32-25(23)18-10-5-2-6-11-18)16-21(39)31-15-7-14-30-19-12-13-20(38(40)41)27-26(19)35-42-36-27/h1-6,8-13,30H,7,14-16H2,(H,31,39). The number of benzene rings is 3. The van der Waals surface area contributed by atoms with Crippen LogP contribution in [0.1, 0.15) is 6.42 Å². The van der Waals surface area contributed by atoms with E-state index < -0.39 is 4.92 Å². The average Bonchev–Trinajstić information content (AvgIpc) is 3.64. The second kappa shape index (κ2) is 11.6. The van der Waals surface area contributed by atoms with Crippen molar-refractivity contribution in [2.24, 2.45) is 0 Å². The summed E-state index contributed by atoms with van der Waals surface area (Å²) in [6.45, 7) is 0.751. The van der Waals surface area contributed by atoms with Gasteiger partial charge in [-0.1, -0.05) is 72.3 Å². The Morgan fingerprint density at radius 2 is 1.60 bits per heavy atom. The molecule has 14 heteroatoms. The number of carbonyl (C=O) groups is 1. The minimum atomic E-state index is -0.542. The molecule has 0 aliphatic rings. The summed E-state index contributed by atoms with van der Waals surface area (Å²) in [5.74, 6) is -0.262. The zero-order valence-electron chi connectivity index (χ0n) is 21.9. The smallest absolute Gasteiger partial charge is 0.300 e. The molecule has 13 nitrogen and oxygen atoms in total. The highest BCUT2D eigenvalue weighted by Gasteiger charge is 2.22. The average molecular weight is 584 g/mol. The van der Waals surface area contributed by atoms with E-state index in [1.807, 2.05) is 60.7 Å². The van der Waals surface area contributed by atoms with Gasteiger partial charge in [0, 0.05) is 30.3 Å². The van der Waals surface area contributed by atoms with Crippen LogP contribution in [0.3, 0.4) is 0 Å². The van der Waals surface area contributed by atoms with Crippen LogP contribution in [-0.2, 0) is 11.3 Å². The molecule has 0 radical (unpaired) electrons. The molecule has 210 valence electrons. The Kier molecular flexibility index (Phi) is 7.39. The zero-order chi connectivity index (χ0) is 29.1. The topological polar surface area (TPSA) is 167 Å². The van der Waals surface area contributed by atoms with Crippen molar-refractivity contribution < 1.29 is 14.3 Å². The molecule has 0 saturated carbocycles. The van der Waals surface area contributed by atoms with Crippen LogP contribution >= 0.6 is 11.6 Å². The molecule has 6 rings (SSSR count). The van der Waals surface area contributed by atoms with Crippen LogP contribution in [0.15, 0.2) is 77.4 Å². The number of rotatable bonds is 10. The normalized spacial score (nSPS) is 11.2. The van der Waals surface area contributed by atoms with Crippen LogP contribution in [0.5, 0.6) is 0 Å². The van der Waals surface area contributed by atoms with Gasteiger partial charge in [0.25, 0.3) is 0 Å². The molecule has 3 heterocycles. The second-order valence-electron chi connectivity index (χ2n) is 9.28. The first-order valence-electron chi connectivity index (χ1n) is 12.9. The molecular formula is C28H22ClN9O4. The van der Waals surface area contributed by atoms with Gasteiger partial charge in [0.15, 0.2) is 11.2 Å². The van der Waals surface area contributed by atoms with E-state index in [4.69, 9.17) is 16.7 Å². The summed E-state index contributed by atoms with van der Waals surface area (Å²) in [4.78, 5) is 23.5. The van der Waals surface area contributed by atoms with E-state index in [0.29, 0.717) is 52.6 Å². The van der Waals surface area contributed by atoms with Gasteiger partial charge in [0.2, 0.25) is 11.4 Å². The van der Waals surface area contributed by atoms with Crippen molar-refractivity contribution in [2.45, 2.75) is 13.0 Å². The Labute approximate surface area is 242 Å². The summed E-state index contributed by atoms with van der Waals surface area (Å²) in [6, 6.07) is 22.0. The van der Waals surface area contributed by atoms with Gasteiger partial charge in [-0.3, -0.25) is 14.9 Å². The molecule has 2 N–H and O–H groups in total. The Hall–Kier alpha value is -5.43. The van der Waals surface area contributed by atoms with Gasteiger partial charge in [0.05, 0.1) is 21.0 Å². The molecule has 0 aliphatic carbocycles. The summed E-state index contributed by atoms with van der Waals surface area (Å²) in [5, 5.41) is 39.1. The van der Waals surface area contributed by atoms with Crippen LogP contribution in [0.2, 0.25) is 5.02 Å². The third-order valence-corrected chi connectivity index (χ3v) is 6.94. The van der Waals surface area contributed by atoms with Gasteiger partial charge in [-0.2, -0.15) is 5.10 Å². The Balaban J connectivity index is 1.15. The number of nitrogens with zero attached hydrogens (tertiary/aromatic N) is 7. The third-order valence-electron chi connectivity index (χ3n) is 6.57. The number of carbonyl (C=O) groups excluding carboxylic acids is 1. The molecule has 1 amide bonds. The van der Waals surface area contributed by atoms with Gasteiger partial charge >= 0.3 is 5.69 Å². The summed E-state index contributed by atoms with van der Waals surface area (Å²) in [6.07, 6.45) is 0.566. The van der Waals surface area contributed by atoms with Gasteiger partial charge in [-0.05, 0) is 22.8 Å². The van der Waals surface area contributed by atoms with Crippen LogP contribution < -0.4 is 10.6 Å². The van der Waals surface area contributed by atoms with Crippen LogP contribution in [0.25, 0.3) is 44.6 Å². The summed E-state index contributed by atoms with van der Waals surface area (Å²) < 4.78 is 6.19. The van der Waals surface area contributed by atoms with Crippen molar-refractivity contribution in [3.8, 4) is 22.5 Å². The van der Waals surface area contributed by atoms with Crippen molar-refractivity contribution in [2.75, 3.05) is 18.4 Å². The molecule has 0 atom stereocenters. The SMILES string of the molecule is O=C(Cn1nc(-c2ccccc2)c2c(Cl)c(-c3ccccc3)nnc21)NCCCNc1ccc([N+](=O)[O-])c2nonc12. The largest absolute Gasteiger partial charge is 0.383 e. The third kappa shape index (κ3) is 5.20. The van der Waals surface area contributed by atoms with Gasteiger partial charge < -0.3 is 10.6 Å². The Morgan fingerprint density at radius 1 is 0.905 bits per heavy atom. The minimum absolute atomic E-state index is 0.0683. The maximum atomic E-state index is 12.9. The molecule has 6 aromatic rings. The van der Waals surface area contributed by atoms with Crippen LogP contribution in [0, 0.1) is 10.1 Å². The number of hydrogen-bond donors (Lipinski definition) is 2. The molecule has 42 heavy (non-hydrogen) atoms. The quantitative estimate of drug-likeness (QED) is 0.129. The first-order chi connectivity index (χ1) is 20.5. The van der Waals surface area contributed by atoms with Crippen molar-refractivity contribution in [1.29, 1.82) is 0 Å². The number of non-ortho nitro benzene ring substituents is 1. The van der Waals surface area contributed by atoms with E-state index >= 15 is 0 Å². The molecule has 0 aliphatic heterocycles.